The molecule has 1 aliphatic rings. The van der Waals surface area contributed by atoms with Gasteiger partial charge >= 0.3 is 0 Å². The Hall–Kier alpha value is -2.57. The molecule has 1 saturated heterocycles. The maximum Gasteiger partial charge on any atom is 0.257 e. The lowest BCUT2D eigenvalue weighted by Crippen LogP contribution is -2.37. The minimum atomic E-state index is -0.252. The number of nitrogens with one attached hydrogen (secondary N) is 2. The van der Waals surface area contributed by atoms with E-state index in [0.29, 0.717) is 29.7 Å². The number of halogens is 1. The molecule has 1 fully saturated rings. The van der Waals surface area contributed by atoms with Gasteiger partial charge in [-0.25, -0.2) is 4.99 Å². The lowest BCUT2D eigenvalue weighted by atomic mass is 10.2. The number of nitrogens with zero attached hydrogens (tertiary/aromatic N) is 1. The van der Waals surface area contributed by atoms with Crippen molar-refractivity contribution in [2.45, 2.75) is 32.8 Å². The summed E-state index contributed by atoms with van der Waals surface area (Å²) >= 11 is 6.05. The van der Waals surface area contributed by atoms with Gasteiger partial charge in [0.1, 0.15) is 5.75 Å². The second-order valence-corrected chi connectivity index (χ2v) is 7.26. The average molecular weight is 416 g/mol. The standard InChI is InChI=1S/C22H26ClN3O3/c1-3-28-18-9-6-16(7-10-18)21(27)26-22(24-14-19-5-4-12-29-19)25-20-11-8-17(23)13-15(20)2/h6-11,13,19H,3-5,12,14H2,1-2H3,(H2,24,25,26,27). The van der Waals surface area contributed by atoms with Gasteiger partial charge in [0.25, 0.3) is 5.91 Å². The van der Waals surface area contributed by atoms with Crippen LogP contribution in [-0.4, -0.2) is 37.7 Å². The highest BCUT2D eigenvalue weighted by atomic mass is 35.5. The number of benzene rings is 2. The summed E-state index contributed by atoms with van der Waals surface area (Å²) in [6.07, 6.45) is 2.10. The van der Waals surface area contributed by atoms with Crippen molar-refractivity contribution in [1.29, 1.82) is 0 Å². The molecule has 1 amide bonds. The van der Waals surface area contributed by atoms with Gasteiger partial charge in [-0.15, -0.1) is 0 Å². The molecule has 1 atom stereocenters. The Balaban J connectivity index is 1.74. The number of anilines is 1. The van der Waals surface area contributed by atoms with Crippen molar-refractivity contribution in [3.8, 4) is 5.75 Å². The Labute approximate surface area is 176 Å². The van der Waals surface area contributed by atoms with Gasteiger partial charge < -0.3 is 14.8 Å². The van der Waals surface area contributed by atoms with E-state index in [2.05, 4.69) is 15.6 Å². The summed E-state index contributed by atoms with van der Waals surface area (Å²) in [4.78, 5) is 17.3. The third-order valence-corrected chi connectivity index (χ3v) is 4.81. The lowest BCUT2D eigenvalue weighted by Gasteiger charge is -2.15. The number of carbonyl (C=O) groups is 1. The first kappa shape index (κ1) is 21.1. The zero-order valence-electron chi connectivity index (χ0n) is 16.7. The van der Waals surface area contributed by atoms with Gasteiger partial charge in [0.05, 0.1) is 19.3 Å². The van der Waals surface area contributed by atoms with E-state index in [0.717, 1.165) is 36.4 Å². The highest BCUT2D eigenvalue weighted by Gasteiger charge is 2.16. The quantitative estimate of drug-likeness (QED) is 0.541. The summed E-state index contributed by atoms with van der Waals surface area (Å²) < 4.78 is 11.1. The smallest absolute Gasteiger partial charge is 0.257 e. The van der Waals surface area contributed by atoms with Gasteiger partial charge in [-0.3, -0.25) is 10.1 Å². The number of guanidine groups is 1. The Kier molecular flexibility index (Phi) is 7.49. The summed E-state index contributed by atoms with van der Waals surface area (Å²) in [6, 6.07) is 12.5. The molecule has 1 aliphatic heterocycles. The number of hydrogen-bond donors (Lipinski definition) is 2. The van der Waals surface area contributed by atoms with Gasteiger partial charge in [0, 0.05) is 22.9 Å². The molecule has 0 aromatic heterocycles. The topological polar surface area (TPSA) is 72.0 Å². The molecule has 2 aromatic rings. The minimum Gasteiger partial charge on any atom is -0.494 e. The van der Waals surface area contributed by atoms with E-state index in [4.69, 9.17) is 21.1 Å². The maximum absolute atomic E-state index is 12.7. The van der Waals surface area contributed by atoms with Gasteiger partial charge in [-0.2, -0.15) is 0 Å². The average Bonchev–Trinajstić information content (AvgIpc) is 3.22. The summed E-state index contributed by atoms with van der Waals surface area (Å²) in [6.45, 7) is 5.69. The lowest BCUT2D eigenvalue weighted by molar-refractivity contribution is 0.0975. The van der Waals surface area contributed by atoms with Gasteiger partial charge in [-0.1, -0.05) is 11.6 Å². The summed E-state index contributed by atoms with van der Waals surface area (Å²) in [5, 5.41) is 6.74. The Morgan fingerprint density at radius 1 is 1.28 bits per heavy atom. The predicted molar refractivity (Wildman–Crippen MR) is 116 cm³/mol. The molecule has 2 aromatic carbocycles. The zero-order chi connectivity index (χ0) is 20.6. The fraction of sp³-hybridized carbons (Fsp3) is 0.364. The molecule has 0 radical (unpaired) electrons. The van der Waals surface area contributed by atoms with E-state index in [-0.39, 0.29) is 12.0 Å². The van der Waals surface area contributed by atoms with Crippen LogP contribution in [0.5, 0.6) is 5.75 Å². The predicted octanol–water partition coefficient (Wildman–Crippen LogP) is 4.42. The van der Waals surface area contributed by atoms with Crippen molar-refractivity contribution in [3.63, 3.8) is 0 Å². The fourth-order valence-corrected chi connectivity index (χ4v) is 3.26. The van der Waals surface area contributed by atoms with Crippen molar-refractivity contribution < 1.29 is 14.3 Å². The van der Waals surface area contributed by atoms with Crippen LogP contribution in [0.2, 0.25) is 5.02 Å². The normalized spacial score (nSPS) is 16.5. The molecule has 1 unspecified atom stereocenters. The third kappa shape index (κ3) is 6.21. The first-order valence-corrected chi connectivity index (χ1v) is 10.2. The molecule has 7 heteroatoms. The fourth-order valence-electron chi connectivity index (χ4n) is 3.04. The second kappa shape index (κ2) is 10.3. The first-order chi connectivity index (χ1) is 14.0. The molecule has 3 rings (SSSR count). The first-order valence-electron chi connectivity index (χ1n) is 9.78. The van der Waals surface area contributed by atoms with Crippen LogP contribution in [0.25, 0.3) is 0 Å². The van der Waals surface area contributed by atoms with E-state index in [1.165, 1.54) is 0 Å². The molecule has 0 spiro atoms. The minimum absolute atomic E-state index is 0.0838. The molecule has 0 bridgehead atoms. The number of aliphatic imine (C=N–C) groups is 1. The monoisotopic (exact) mass is 415 g/mol. The number of ether oxygens (including phenoxy) is 2. The summed E-state index contributed by atoms with van der Waals surface area (Å²) in [5.74, 6) is 0.856. The Morgan fingerprint density at radius 3 is 2.72 bits per heavy atom. The Morgan fingerprint density at radius 2 is 2.07 bits per heavy atom. The zero-order valence-corrected chi connectivity index (χ0v) is 17.5. The number of aryl methyl sites for hydroxylation is 1. The van der Waals surface area contributed by atoms with E-state index >= 15 is 0 Å². The Bertz CT molecular complexity index is 862. The highest BCUT2D eigenvalue weighted by Crippen LogP contribution is 2.20. The van der Waals surface area contributed by atoms with Crippen LogP contribution in [0.4, 0.5) is 5.69 Å². The molecule has 0 saturated carbocycles. The largest absolute Gasteiger partial charge is 0.494 e. The van der Waals surface area contributed by atoms with Crippen LogP contribution < -0.4 is 15.4 Å². The molecule has 0 aliphatic carbocycles. The van der Waals surface area contributed by atoms with Crippen LogP contribution in [0.1, 0.15) is 35.7 Å². The van der Waals surface area contributed by atoms with Crippen molar-refractivity contribution in [2.75, 3.05) is 25.1 Å². The third-order valence-electron chi connectivity index (χ3n) is 4.58. The van der Waals surface area contributed by atoms with Crippen molar-refractivity contribution >= 4 is 29.2 Å². The SMILES string of the molecule is CCOc1ccc(C(=O)NC(=NCC2CCCO2)Nc2ccc(Cl)cc2C)cc1. The number of amides is 1. The number of carbonyl (C=O) groups excluding carboxylic acids is 1. The van der Waals surface area contributed by atoms with Crippen molar-refractivity contribution in [3.05, 3.63) is 58.6 Å². The number of hydrogen-bond acceptors (Lipinski definition) is 4. The molecule has 154 valence electrons. The van der Waals surface area contributed by atoms with Crippen molar-refractivity contribution in [1.82, 2.24) is 5.32 Å². The summed E-state index contributed by atoms with van der Waals surface area (Å²) in [5.41, 5.74) is 2.30. The van der Waals surface area contributed by atoms with E-state index < -0.39 is 0 Å². The second-order valence-electron chi connectivity index (χ2n) is 6.82. The van der Waals surface area contributed by atoms with Crippen LogP contribution >= 0.6 is 11.6 Å². The van der Waals surface area contributed by atoms with Gasteiger partial charge in [0.2, 0.25) is 5.96 Å². The van der Waals surface area contributed by atoms with E-state index in [1.807, 2.05) is 26.0 Å². The van der Waals surface area contributed by atoms with E-state index in [1.54, 1.807) is 30.3 Å². The molecular weight excluding hydrogens is 390 g/mol. The van der Waals surface area contributed by atoms with Crippen LogP contribution in [-0.2, 0) is 4.74 Å². The molecule has 2 N–H and O–H groups in total. The van der Waals surface area contributed by atoms with Crippen LogP contribution in [0.3, 0.4) is 0 Å². The summed E-state index contributed by atoms with van der Waals surface area (Å²) in [7, 11) is 0. The van der Waals surface area contributed by atoms with Gasteiger partial charge in [0.15, 0.2) is 0 Å². The molecular formula is C22H26ClN3O3. The highest BCUT2D eigenvalue weighted by molar-refractivity contribution is 6.30. The van der Waals surface area contributed by atoms with Crippen molar-refractivity contribution in [2.24, 2.45) is 4.99 Å². The van der Waals surface area contributed by atoms with Gasteiger partial charge in [-0.05, 0) is 74.7 Å². The van der Waals surface area contributed by atoms with Crippen LogP contribution in [0.15, 0.2) is 47.5 Å². The van der Waals surface area contributed by atoms with E-state index in [9.17, 15) is 4.79 Å². The molecule has 29 heavy (non-hydrogen) atoms. The molecule has 1 heterocycles. The maximum atomic E-state index is 12.7. The van der Waals surface area contributed by atoms with Crippen LogP contribution in [0, 0.1) is 6.92 Å². The molecule has 6 nitrogen and oxygen atoms in total. The number of rotatable bonds is 6.